The largest absolute Gasteiger partial charge is 0.383 e. The number of Topliss-reactive ketones (excluding diaryl/α,β-unsaturated/α-hetero) is 1. The van der Waals surface area contributed by atoms with Crippen molar-refractivity contribution in [2.45, 2.75) is 6.42 Å². The highest BCUT2D eigenvalue weighted by atomic mass is 35.5. The average Bonchev–Trinajstić information content (AvgIpc) is 2.73. The summed E-state index contributed by atoms with van der Waals surface area (Å²) in [6, 6.07) is 6.99. The number of ketones is 1. The SMILES string of the molecule is CN(C)/C=C(/C(=O)c1ccc(Cl)cc1)C1=CCC=CC=C1. The van der Waals surface area contributed by atoms with E-state index in [1.165, 1.54) is 0 Å². The van der Waals surface area contributed by atoms with Crippen molar-refractivity contribution in [3.8, 4) is 0 Å². The Bertz CT molecular complexity index is 634. The van der Waals surface area contributed by atoms with E-state index in [4.69, 9.17) is 11.6 Å². The number of carbonyl (C=O) groups excluding carboxylic acids is 1. The molecule has 0 aliphatic heterocycles. The highest BCUT2D eigenvalue weighted by molar-refractivity contribution is 6.30. The van der Waals surface area contributed by atoms with Crippen molar-refractivity contribution < 1.29 is 4.79 Å². The van der Waals surface area contributed by atoms with E-state index < -0.39 is 0 Å². The quantitative estimate of drug-likeness (QED) is 0.606. The number of rotatable bonds is 4. The summed E-state index contributed by atoms with van der Waals surface area (Å²) in [5.41, 5.74) is 2.26. The van der Waals surface area contributed by atoms with Gasteiger partial charge in [0.25, 0.3) is 0 Å². The molecule has 1 aliphatic rings. The predicted octanol–water partition coefficient (Wildman–Crippen LogP) is 4.41. The van der Waals surface area contributed by atoms with Crippen LogP contribution in [0.15, 0.2) is 72.0 Å². The lowest BCUT2D eigenvalue weighted by atomic mass is 9.96. The zero-order valence-corrected chi connectivity index (χ0v) is 13.0. The van der Waals surface area contributed by atoms with Gasteiger partial charge in [-0.1, -0.05) is 42.0 Å². The van der Waals surface area contributed by atoms with Gasteiger partial charge in [0.1, 0.15) is 0 Å². The fraction of sp³-hybridized carbons (Fsp3) is 0.167. The van der Waals surface area contributed by atoms with Crippen LogP contribution in [0.25, 0.3) is 0 Å². The van der Waals surface area contributed by atoms with E-state index in [0.717, 1.165) is 12.0 Å². The van der Waals surface area contributed by atoms with E-state index in [1.54, 1.807) is 24.3 Å². The third kappa shape index (κ3) is 4.20. The van der Waals surface area contributed by atoms with Crippen molar-refractivity contribution in [2.24, 2.45) is 0 Å². The average molecular weight is 300 g/mol. The van der Waals surface area contributed by atoms with Crippen LogP contribution < -0.4 is 0 Å². The summed E-state index contributed by atoms with van der Waals surface area (Å²) in [5, 5.41) is 0.627. The van der Waals surface area contributed by atoms with Gasteiger partial charge < -0.3 is 4.90 Å². The van der Waals surface area contributed by atoms with Gasteiger partial charge in [0.05, 0.1) is 0 Å². The van der Waals surface area contributed by atoms with Crippen LogP contribution in [0, 0.1) is 0 Å². The molecule has 0 saturated heterocycles. The van der Waals surface area contributed by atoms with Gasteiger partial charge in [0.15, 0.2) is 5.78 Å². The van der Waals surface area contributed by atoms with Crippen LogP contribution in [-0.2, 0) is 0 Å². The van der Waals surface area contributed by atoms with Gasteiger partial charge in [-0.05, 0) is 36.3 Å². The topological polar surface area (TPSA) is 20.3 Å². The third-order valence-electron chi connectivity index (χ3n) is 3.05. The molecule has 0 amide bonds. The van der Waals surface area contributed by atoms with Crippen molar-refractivity contribution in [1.82, 2.24) is 4.90 Å². The maximum atomic E-state index is 12.8. The van der Waals surface area contributed by atoms with Gasteiger partial charge in [-0.25, -0.2) is 0 Å². The minimum Gasteiger partial charge on any atom is -0.383 e. The predicted molar refractivity (Wildman–Crippen MR) is 88.5 cm³/mol. The van der Waals surface area contributed by atoms with Crippen molar-refractivity contribution in [3.05, 3.63) is 82.6 Å². The molecular formula is C18H18ClNO. The molecule has 21 heavy (non-hydrogen) atoms. The standard InChI is InChI=1S/C18H18ClNO/c1-20(2)13-17(14-7-5-3-4-6-8-14)18(21)15-9-11-16(19)12-10-15/h3-5,7-13H,6H2,1-2H3/b17-13+. The Morgan fingerprint density at radius 1 is 1.19 bits per heavy atom. The van der Waals surface area contributed by atoms with Crippen molar-refractivity contribution in [1.29, 1.82) is 0 Å². The first kappa shape index (κ1) is 15.3. The first-order valence-corrected chi connectivity index (χ1v) is 7.18. The maximum absolute atomic E-state index is 12.8. The first-order chi connectivity index (χ1) is 10.1. The van der Waals surface area contributed by atoms with E-state index in [0.29, 0.717) is 16.2 Å². The van der Waals surface area contributed by atoms with E-state index in [9.17, 15) is 4.79 Å². The second kappa shape index (κ2) is 7.09. The molecule has 0 fully saturated rings. The normalized spacial score (nSPS) is 14.6. The molecule has 0 aromatic heterocycles. The Morgan fingerprint density at radius 2 is 1.90 bits per heavy atom. The molecule has 0 heterocycles. The number of halogens is 1. The maximum Gasteiger partial charge on any atom is 0.195 e. The number of hydrogen-bond donors (Lipinski definition) is 0. The van der Waals surface area contributed by atoms with Crippen LogP contribution in [0.4, 0.5) is 0 Å². The van der Waals surface area contributed by atoms with Gasteiger partial charge in [0, 0.05) is 36.5 Å². The van der Waals surface area contributed by atoms with Crippen LogP contribution in [0.2, 0.25) is 5.02 Å². The molecule has 0 saturated carbocycles. The Labute approximate surface area is 130 Å². The molecular weight excluding hydrogens is 282 g/mol. The van der Waals surface area contributed by atoms with E-state index >= 15 is 0 Å². The molecule has 2 rings (SSSR count). The zero-order chi connectivity index (χ0) is 15.2. The molecule has 0 radical (unpaired) electrons. The zero-order valence-electron chi connectivity index (χ0n) is 12.2. The lowest BCUT2D eigenvalue weighted by Gasteiger charge is -2.12. The van der Waals surface area contributed by atoms with E-state index in [1.807, 2.05) is 43.4 Å². The van der Waals surface area contributed by atoms with Gasteiger partial charge >= 0.3 is 0 Å². The summed E-state index contributed by atoms with van der Waals surface area (Å²) in [7, 11) is 3.82. The lowest BCUT2D eigenvalue weighted by Crippen LogP contribution is -2.11. The molecule has 1 aromatic carbocycles. The van der Waals surface area contributed by atoms with Crippen molar-refractivity contribution >= 4 is 17.4 Å². The first-order valence-electron chi connectivity index (χ1n) is 6.80. The second-order valence-electron chi connectivity index (χ2n) is 5.02. The molecule has 1 aromatic rings. The fourth-order valence-corrected chi connectivity index (χ4v) is 2.18. The second-order valence-corrected chi connectivity index (χ2v) is 5.46. The molecule has 2 nitrogen and oxygen atoms in total. The highest BCUT2D eigenvalue weighted by Crippen LogP contribution is 2.21. The molecule has 0 N–H and O–H groups in total. The van der Waals surface area contributed by atoms with Gasteiger partial charge in [-0.15, -0.1) is 0 Å². The van der Waals surface area contributed by atoms with Gasteiger partial charge in [-0.3, -0.25) is 4.79 Å². The summed E-state index contributed by atoms with van der Waals surface area (Å²) < 4.78 is 0. The molecule has 3 heteroatoms. The summed E-state index contributed by atoms with van der Waals surface area (Å²) >= 11 is 5.89. The van der Waals surface area contributed by atoms with E-state index in [-0.39, 0.29) is 5.78 Å². The Kier molecular flexibility index (Phi) is 5.18. The number of benzene rings is 1. The molecule has 108 valence electrons. The summed E-state index contributed by atoms with van der Waals surface area (Å²) in [5.74, 6) is -0.00170. The fourth-order valence-electron chi connectivity index (χ4n) is 2.06. The van der Waals surface area contributed by atoms with Crippen molar-refractivity contribution in [3.63, 3.8) is 0 Å². The Morgan fingerprint density at radius 3 is 2.57 bits per heavy atom. The Hall–Kier alpha value is -2.06. The number of hydrogen-bond acceptors (Lipinski definition) is 2. The van der Waals surface area contributed by atoms with Crippen LogP contribution in [0.3, 0.4) is 0 Å². The molecule has 1 aliphatic carbocycles. The number of carbonyl (C=O) groups is 1. The summed E-state index contributed by atoms with van der Waals surface area (Å²) in [4.78, 5) is 14.7. The van der Waals surface area contributed by atoms with Crippen LogP contribution in [-0.4, -0.2) is 24.8 Å². The number of allylic oxidation sites excluding steroid dienone is 7. The van der Waals surface area contributed by atoms with E-state index in [2.05, 4.69) is 12.2 Å². The third-order valence-corrected chi connectivity index (χ3v) is 3.30. The van der Waals surface area contributed by atoms with Crippen LogP contribution in [0.1, 0.15) is 16.8 Å². The smallest absolute Gasteiger partial charge is 0.195 e. The lowest BCUT2D eigenvalue weighted by molar-refractivity contribution is 0.103. The molecule has 0 atom stereocenters. The molecule has 0 bridgehead atoms. The summed E-state index contributed by atoms with van der Waals surface area (Å²) in [6.45, 7) is 0. The highest BCUT2D eigenvalue weighted by Gasteiger charge is 2.15. The van der Waals surface area contributed by atoms with Gasteiger partial charge in [0.2, 0.25) is 0 Å². The Balaban J connectivity index is 2.39. The number of nitrogens with zero attached hydrogens (tertiary/aromatic N) is 1. The van der Waals surface area contributed by atoms with Crippen LogP contribution in [0.5, 0.6) is 0 Å². The summed E-state index contributed by atoms with van der Waals surface area (Å²) in [6.07, 6.45) is 12.7. The monoisotopic (exact) mass is 299 g/mol. The molecule has 0 unspecified atom stereocenters. The van der Waals surface area contributed by atoms with Crippen LogP contribution >= 0.6 is 11.6 Å². The minimum atomic E-state index is -0.00170. The molecule has 0 spiro atoms. The van der Waals surface area contributed by atoms with Crippen molar-refractivity contribution in [2.75, 3.05) is 14.1 Å². The van der Waals surface area contributed by atoms with Gasteiger partial charge in [-0.2, -0.15) is 0 Å². The minimum absolute atomic E-state index is 0.00170.